The maximum Gasteiger partial charge on any atom is 0.221 e. The molecule has 26 heavy (non-hydrogen) atoms. The van der Waals surface area contributed by atoms with Crippen molar-refractivity contribution in [1.29, 1.82) is 0 Å². The lowest BCUT2D eigenvalue weighted by atomic mass is 10.1. The molecule has 0 aliphatic carbocycles. The van der Waals surface area contributed by atoms with E-state index in [1.165, 1.54) is 6.26 Å². The highest BCUT2D eigenvalue weighted by molar-refractivity contribution is 7.90. The minimum absolute atomic E-state index is 0.153. The number of primary amides is 1. The standard InChI is InChI=1S/C20H20N2O3S/c1-14-16(13-20(21)23)12-19(22(14)17-6-4-3-5-7-17)15-8-10-18(11-9-15)26(2,24)25/h3-12H,13H2,1-2H3,(H2,21,23). The lowest BCUT2D eigenvalue weighted by Crippen LogP contribution is -2.14. The van der Waals surface area contributed by atoms with Gasteiger partial charge in [0, 0.05) is 17.6 Å². The molecule has 0 atom stereocenters. The van der Waals surface area contributed by atoms with Gasteiger partial charge in [-0.1, -0.05) is 30.3 Å². The molecule has 0 aliphatic rings. The first-order chi connectivity index (χ1) is 12.3. The van der Waals surface area contributed by atoms with Gasteiger partial charge in [0.2, 0.25) is 5.91 Å². The Morgan fingerprint density at radius 2 is 1.65 bits per heavy atom. The summed E-state index contributed by atoms with van der Waals surface area (Å²) in [4.78, 5) is 11.7. The fourth-order valence-corrected chi connectivity index (χ4v) is 3.65. The van der Waals surface area contributed by atoms with Gasteiger partial charge in [0.05, 0.1) is 17.0 Å². The minimum Gasteiger partial charge on any atom is -0.369 e. The van der Waals surface area contributed by atoms with Gasteiger partial charge >= 0.3 is 0 Å². The maximum absolute atomic E-state index is 11.7. The highest BCUT2D eigenvalue weighted by Gasteiger charge is 2.17. The van der Waals surface area contributed by atoms with Gasteiger partial charge in [0.25, 0.3) is 0 Å². The number of carbonyl (C=O) groups is 1. The second-order valence-corrected chi connectivity index (χ2v) is 8.27. The van der Waals surface area contributed by atoms with Crippen LogP contribution in [-0.4, -0.2) is 25.1 Å². The highest BCUT2D eigenvalue weighted by atomic mass is 32.2. The first kappa shape index (κ1) is 17.9. The van der Waals surface area contributed by atoms with E-state index in [-0.39, 0.29) is 11.3 Å². The Kier molecular flexibility index (Phi) is 4.70. The molecule has 0 radical (unpaired) electrons. The minimum atomic E-state index is -3.25. The molecule has 0 bridgehead atoms. The van der Waals surface area contributed by atoms with E-state index in [1.807, 2.05) is 47.9 Å². The quantitative estimate of drug-likeness (QED) is 0.752. The largest absolute Gasteiger partial charge is 0.369 e. The number of nitrogens with two attached hydrogens (primary N) is 1. The van der Waals surface area contributed by atoms with E-state index in [1.54, 1.807) is 24.3 Å². The number of hydrogen-bond acceptors (Lipinski definition) is 3. The first-order valence-corrected chi connectivity index (χ1v) is 10.0. The molecule has 0 aliphatic heterocycles. The molecule has 0 saturated carbocycles. The van der Waals surface area contributed by atoms with Crippen LogP contribution in [0.25, 0.3) is 16.9 Å². The van der Waals surface area contributed by atoms with Crippen LogP contribution in [0.4, 0.5) is 0 Å². The Labute approximate surface area is 153 Å². The van der Waals surface area contributed by atoms with Gasteiger partial charge in [-0.3, -0.25) is 4.79 Å². The molecule has 0 fully saturated rings. The molecule has 3 aromatic rings. The van der Waals surface area contributed by atoms with Gasteiger partial charge in [0.1, 0.15) is 0 Å². The third-order valence-electron chi connectivity index (χ3n) is 4.31. The molecule has 5 nitrogen and oxygen atoms in total. The highest BCUT2D eigenvalue weighted by Crippen LogP contribution is 2.30. The fraction of sp³-hybridized carbons (Fsp3) is 0.150. The van der Waals surface area contributed by atoms with Crippen molar-refractivity contribution in [1.82, 2.24) is 4.57 Å². The topological polar surface area (TPSA) is 82.2 Å². The fourth-order valence-electron chi connectivity index (χ4n) is 3.02. The predicted molar refractivity (Wildman–Crippen MR) is 102 cm³/mol. The SMILES string of the molecule is Cc1c(CC(N)=O)cc(-c2ccc(S(C)(=O)=O)cc2)n1-c1ccccc1. The molecule has 0 unspecified atom stereocenters. The van der Waals surface area contributed by atoms with Crippen molar-refractivity contribution in [2.45, 2.75) is 18.2 Å². The van der Waals surface area contributed by atoms with Crippen molar-refractivity contribution >= 4 is 15.7 Å². The van der Waals surface area contributed by atoms with Crippen LogP contribution < -0.4 is 5.73 Å². The van der Waals surface area contributed by atoms with E-state index in [2.05, 4.69) is 0 Å². The molecular formula is C20H20N2O3S. The monoisotopic (exact) mass is 368 g/mol. The van der Waals surface area contributed by atoms with Crippen LogP contribution in [0.15, 0.2) is 65.6 Å². The van der Waals surface area contributed by atoms with Gasteiger partial charge in [0.15, 0.2) is 9.84 Å². The molecule has 1 amide bonds. The molecule has 6 heteroatoms. The number of aromatic nitrogens is 1. The summed E-state index contributed by atoms with van der Waals surface area (Å²) < 4.78 is 25.4. The Bertz CT molecular complexity index is 1050. The lowest BCUT2D eigenvalue weighted by Gasteiger charge is -2.12. The van der Waals surface area contributed by atoms with Crippen molar-refractivity contribution in [3.63, 3.8) is 0 Å². The number of rotatable bonds is 5. The number of nitrogens with zero attached hydrogens (tertiary/aromatic N) is 1. The van der Waals surface area contributed by atoms with E-state index >= 15 is 0 Å². The van der Waals surface area contributed by atoms with E-state index in [0.29, 0.717) is 0 Å². The Hall–Kier alpha value is -2.86. The van der Waals surface area contributed by atoms with Gasteiger partial charge in [-0.05, 0) is 48.4 Å². The van der Waals surface area contributed by atoms with E-state index in [9.17, 15) is 13.2 Å². The molecule has 3 rings (SSSR count). The number of hydrogen-bond donors (Lipinski definition) is 1. The van der Waals surface area contributed by atoms with Gasteiger partial charge in [-0.25, -0.2) is 8.42 Å². The van der Waals surface area contributed by atoms with Crippen LogP contribution in [0.1, 0.15) is 11.3 Å². The summed E-state index contributed by atoms with van der Waals surface area (Å²) in [5.74, 6) is -0.391. The van der Waals surface area contributed by atoms with Crippen molar-refractivity contribution in [2.24, 2.45) is 5.73 Å². The molecular weight excluding hydrogens is 348 g/mol. The molecule has 2 aromatic carbocycles. The zero-order valence-electron chi connectivity index (χ0n) is 14.6. The normalized spacial score (nSPS) is 11.5. The molecule has 2 N–H and O–H groups in total. The number of carbonyl (C=O) groups excluding carboxylic acids is 1. The van der Waals surface area contributed by atoms with Crippen LogP contribution in [0, 0.1) is 6.92 Å². The van der Waals surface area contributed by atoms with Crippen molar-refractivity contribution < 1.29 is 13.2 Å². The first-order valence-electron chi connectivity index (χ1n) is 8.13. The number of benzene rings is 2. The van der Waals surface area contributed by atoms with Crippen LogP contribution in [0.2, 0.25) is 0 Å². The number of amides is 1. The van der Waals surface area contributed by atoms with Crippen LogP contribution in [0.5, 0.6) is 0 Å². The van der Waals surface area contributed by atoms with E-state index < -0.39 is 15.7 Å². The average Bonchev–Trinajstić information content (AvgIpc) is 2.91. The summed E-state index contributed by atoms with van der Waals surface area (Å²) in [5, 5.41) is 0. The van der Waals surface area contributed by atoms with Gasteiger partial charge < -0.3 is 10.3 Å². The molecule has 1 aromatic heterocycles. The van der Waals surface area contributed by atoms with Crippen molar-refractivity contribution in [3.8, 4) is 16.9 Å². The predicted octanol–water partition coefficient (Wildman–Crippen LogP) is 2.88. The smallest absolute Gasteiger partial charge is 0.221 e. The summed E-state index contributed by atoms with van der Waals surface area (Å²) in [6, 6.07) is 18.5. The summed E-state index contributed by atoms with van der Waals surface area (Å²) in [6.45, 7) is 1.94. The Morgan fingerprint density at radius 1 is 1.04 bits per heavy atom. The van der Waals surface area contributed by atoms with Crippen LogP contribution in [0.3, 0.4) is 0 Å². The number of para-hydroxylation sites is 1. The van der Waals surface area contributed by atoms with Gasteiger partial charge in [-0.15, -0.1) is 0 Å². The zero-order valence-corrected chi connectivity index (χ0v) is 15.5. The Morgan fingerprint density at radius 3 is 2.19 bits per heavy atom. The molecule has 0 spiro atoms. The molecule has 0 saturated heterocycles. The summed E-state index contributed by atoms with van der Waals surface area (Å²) in [5.41, 5.74) is 9.86. The number of sulfone groups is 1. The van der Waals surface area contributed by atoms with Crippen LogP contribution >= 0.6 is 0 Å². The third-order valence-corrected chi connectivity index (χ3v) is 5.44. The molecule has 1 heterocycles. The maximum atomic E-state index is 11.7. The zero-order chi connectivity index (χ0) is 18.9. The third kappa shape index (κ3) is 3.55. The van der Waals surface area contributed by atoms with E-state index in [0.717, 1.165) is 28.2 Å². The van der Waals surface area contributed by atoms with Crippen LogP contribution in [-0.2, 0) is 21.1 Å². The van der Waals surface area contributed by atoms with Crippen molar-refractivity contribution in [2.75, 3.05) is 6.26 Å². The van der Waals surface area contributed by atoms with Crippen molar-refractivity contribution in [3.05, 3.63) is 71.9 Å². The summed E-state index contributed by atoms with van der Waals surface area (Å²) >= 11 is 0. The second-order valence-electron chi connectivity index (χ2n) is 6.25. The van der Waals surface area contributed by atoms with Gasteiger partial charge in [-0.2, -0.15) is 0 Å². The summed E-state index contributed by atoms with van der Waals surface area (Å²) in [6.07, 6.45) is 1.34. The second kappa shape index (κ2) is 6.80. The average molecular weight is 368 g/mol. The molecule has 134 valence electrons. The lowest BCUT2D eigenvalue weighted by molar-refractivity contribution is -0.117. The Balaban J connectivity index is 2.18. The van der Waals surface area contributed by atoms with E-state index in [4.69, 9.17) is 5.73 Å². The summed E-state index contributed by atoms with van der Waals surface area (Å²) in [7, 11) is -3.25.